The summed E-state index contributed by atoms with van der Waals surface area (Å²) >= 11 is 0. The van der Waals surface area contributed by atoms with Crippen LogP contribution in [0, 0.1) is 18.8 Å². The summed E-state index contributed by atoms with van der Waals surface area (Å²) in [6.07, 6.45) is 3.01. The van der Waals surface area contributed by atoms with Crippen molar-refractivity contribution in [3.63, 3.8) is 0 Å². The van der Waals surface area contributed by atoms with Crippen LogP contribution in [0.5, 0.6) is 0 Å². The van der Waals surface area contributed by atoms with Crippen molar-refractivity contribution >= 4 is 22.6 Å². The van der Waals surface area contributed by atoms with E-state index in [4.69, 9.17) is 0 Å². The highest BCUT2D eigenvalue weighted by atomic mass is 16.3. The third kappa shape index (κ3) is 3.77. The van der Waals surface area contributed by atoms with Gasteiger partial charge in [-0.15, -0.1) is 0 Å². The van der Waals surface area contributed by atoms with Crippen molar-refractivity contribution < 1.29 is 9.90 Å². The molecule has 2 N–H and O–H groups in total. The van der Waals surface area contributed by atoms with E-state index < -0.39 is 6.10 Å². The quantitative estimate of drug-likeness (QED) is 0.647. The highest BCUT2D eigenvalue weighted by Crippen LogP contribution is 2.42. The number of benzene rings is 2. The molecule has 2 aromatic carbocycles. The lowest BCUT2D eigenvalue weighted by Crippen LogP contribution is -2.36. The van der Waals surface area contributed by atoms with Gasteiger partial charge in [0.1, 0.15) is 0 Å². The molecule has 4 atom stereocenters. The predicted molar refractivity (Wildman–Crippen MR) is 127 cm³/mol. The van der Waals surface area contributed by atoms with E-state index in [2.05, 4.69) is 34.8 Å². The molecular weight excluding hydrogens is 400 g/mol. The zero-order valence-electron chi connectivity index (χ0n) is 19.0. The van der Waals surface area contributed by atoms with Gasteiger partial charge in [-0.25, -0.2) is 4.98 Å². The van der Waals surface area contributed by atoms with Crippen molar-refractivity contribution in [2.24, 2.45) is 11.8 Å². The number of hydrogen-bond acceptors (Lipinski definition) is 4. The number of para-hydroxylation sites is 2. The molecule has 1 aromatic heterocycles. The van der Waals surface area contributed by atoms with Crippen LogP contribution in [0.3, 0.4) is 0 Å². The molecule has 168 valence electrons. The molecule has 1 saturated heterocycles. The maximum absolute atomic E-state index is 13.5. The third-order valence-corrected chi connectivity index (χ3v) is 7.08. The first-order valence-electron chi connectivity index (χ1n) is 11.7. The van der Waals surface area contributed by atoms with Gasteiger partial charge < -0.3 is 19.9 Å². The number of rotatable bonds is 4. The van der Waals surface area contributed by atoms with Gasteiger partial charge in [0, 0.05) is 24.8 Å². The van der Waals surface area contributed by atoms with E-state index in [0.29, 0.717) is 18.4 Å². The number of aliphatic hydroxyl groups is 1. The number of amides is 1. The van der Waals surface area contributed by atoms with E-state index in [1.165, 1.54) is 0 Å². The van der Waals surface area contributed by atoms with Gasteiger partial charge in [0.25, 0.3) is 5.91 Å². The van der Waals surface area contributed by atoms with Crippen LogP contribution < -0.4 is 5.32 Å². The molecule has 3 aromatic rings. The lowest BCUT2D eigenvalue weighted by molar-refractivity contribution is 0.0374. The molecule has 6 heteroatoms. The van der Waals surface area contributed by atoms with Crippen molar-refractivity contribution in [1.82, 2.24) is 14.5 Å². The summed E-state index contributed by atoms with van der Waals surface area (Å²) in [7, 11) is 0. The van der Waals surface area contributed by atoms with Crippen LogP contribution in [0.1, 0.15) is 48.7 Å². The number of anilines is 1. The molecule has 0 unspecified atom stereocenters. The fraction of sp³-hybridized carbons (Fsp3) is 0.462. The summed E-state index contributed by atoms with van der Waals surface area (Å²) < 4.78 is 2.13. The van der Waals surface area contributed by atoms with E-state index in [1.807, 2.05) is 54.5 Å². The number of carbonyl (C=O) groups excluding carboxylic acids is 1. The Labute approximate surface area is 189 Å². The normalized spacial score (nSPS) is 25.3. The van der Waals surface area contributed by atoms with E-state index in [1.54, 1.807) is 0 Å². The molecule has 1 aliphatic carbocycles. The first kappa shape index (κ1) is 21.0. The number of imidazole rings is 1. The second-order valence-corrected chi connectivity index (χ2v) is 9.83. The first-order valence-corrected chi connectivity index (χ1v) is 11.7. The van der Waals surface area contributed by atoms with Gasteiger partial charge in [-0.1, -0.05) is 23.8 Å². The van der Waals surface area contributed by atoms with Crippen LogP contribution in [0.25, 0.3) is 11.0 Å². The Hall–Kier alpha value is -2.86. The fourth-order valence-electron chi connectivity index (χ4n) is 5.56. The summed E-state index contributed by atoms with van der Waals surface area (Å²) in [4.78, 5) is 20.0. The molecule has 6 nitrogen and oxygen atoms in total. The third-order valence-electron chi connectivity index (χ3n) is 7.08. The Kier molecular flexibility index (Phi) is 5.41. The number of carbonyl (C=O) groups is 1. The summed E-state index contributed by atoms with van der Waals surface area (Å²) in [6.45, 7) is 7.65. The summed E-state index contributed by atoms with van der Waals surface area (Å²) in [5.41, 5.74) is 4.74. The number of aromatic nitrogens is 2. The highest BCUT2D eigenvalue weighted by molar-refractivity contribution is 6.00. The van der Waals surface area contributed by atoms with Gasteiger partial charge >= 0.3 is 0 Å². The van der Waals surface area contributed by atoms with Crippen LogP contribution in [0.2, 0.25) is 0 Å². The molecular formula is C26H32N4O2. The molecule has 2 aliphatic rings. The Morgan fingerprint density at radius 1 is 1.12 bits per heavy atom. The lowest BCUT2D eigenvalue weighted by Gasteiger charge is -2.36. The standard InChI is InChI=1S/C26H32N4O2/c1-16(2)28-21-9-8-17(3)10-20(21)26(32)29-13-18-11-24(25(31)12-19(18)14-29)30-15-27-22-6-4-5-7-23(22)30/h4-10,15-16,18-19,24-25,28,31H,11-14H2,1-3H3/t18-,19+,24-,25-/m1/s1. The number of nitrogens with zero attached hydrogens (tertiary/aromatic N) is 3. The highest BCUT2D eigenvalue weighted by Gasteiger charge is 2.44. The van der Waals surface area contributed by atoms with Gasteiger partial charge in [-0.3, -0.25) is 4.79 Å². The molecule has 2 heterocycles. The lowest BCUT2D eigenvalue weighted by atomic mass is 9.77. The molecule has 2 fully saturated rings. The van der Waals surface area contributed by atoms with Crippen LogP contribution in [0.4, 0.5) is 5.69 Å². The molecule has 32 heavy (non-hydrogen) atoms. The SMILES string of the molecule is Cc1ccc(NC(C)C)c(C(=O)N2C[C@H]3C[C@@H](n4cnc5ccccc54)[C@H](O)C[C@H]3C2)c1. The molecule has 1 saturated carbocycles. The van der Waals surface area contributed by atoms with E-state index in [0.717, 1.165) is 47.2 Å². The predicted octanol–water partition coefficient (Wildman–Crippen LogP) is 4.25. The number of aryl methyl sites for hydroxylation is 1. The smallest absolute Gasteiger partial charge is 0.255 e. The molecule has 0 radical (unpaired) electrons. The topological polar surface area (TPSA) is 70.4 Å². The zero-order chi connectivity index (χ0) is 22.4. The van der Waals surface area contributed by atoms with Crippen molar-refractivity contribution in [2.75, 3.05) is 18.4 Å². The molecule has 1 amide bonds. The van der Waals surface area contributed by atoms with E-state index in [9.17, 15) is 9.90 Å². The Bertz CT molecular complexity index is 1140. The second kappa shape index (κ2) is 8.24. The van der Waals surface area contributed by atoms with E-state index >= 15 is 0 Å². The maximum Gasteiger partial charge on any atom is 0.255 e. The minimum atomic E-state index is -0.430. The summed E-state index contributed by atoms with van der Waals surface area (Å²) in [5, 5.41) is 14.4. The largest absolute Gasteiger partial charge is 0.391 e. The Morgan fingerprint density at radius 3 is 2.66 bits per heavy atom. The van der Waals surface area contributed by atoms with Crippen molar-refractivity contribution in [3.8, 4) is 0 Å². The molecule has 0 bridgehead atoms. The van der Waals surface area contributed by atoms with Gasteiger partial charge in [-0.05, 0) is 69.7 Å². The van der Waals surface area contributed by atoms with Gasteiger partial charge in [0.05, 0.1) is 35.1 Å². The number of likely N-dealkylation sites (tertiary alicyclic amines) is 1. The zero-order valence-corrected chi connectivity index (χ0v) is 19.0. The van der Waals surface area contributed by atoms with Gasteiger partial charge in [-0.2, -0.15) is 0 Å². The average molecular weight is 433 g/mol. The number of fused-ring (bicyclic) bond motifs is 2. The van der Waals surface area contributed by atoms with Crippen LogP contribution in [0.15, 0.2) is 48.8 Å². The van der Waals surface area contributed by atoms with Gasteiger partial charge in [0.2, 0.25) is 0 Å². The molecule has 1 aliphatic heterocycles. The van der Waals surface area contributed by atoms with Crippen LogP contribution >= 0.6 is 0 Å². The van der Waals surface area contributed by atoms with Crippen LogP contribution in [-0.4, -0.2) is 50.7 Å². The summed E-state index contributed by atoms with van der Waals surface area (Å²) in [6, 6.07) is 14.4. The van der Waals surface area contributed by atoms with Crippen molar-refractivity contribution in [2.45, 2.75) is 51.8 Å². The second-order valence-electron chi connectivity index (χ2n) is 9.83. The number of nitrogens with one attached hydrogen (secondary N) is 1. The number of aliphatic hydroxyl groups excluding tert-OH is 1. The Balaban J connectivity index is 1.36. The van der Waals surface area contributed by atoms with Crippen LogP contribution in [-0.2, 0) is 0 Å². The molecule has 5 rings (SSSR count). The first-order chi connectivity index (χ1) is 15.4. The summed E-state index contributed by atoms with van der Waals surface area (Å²) in [5.74, 6) is 0.816. The molecule has 0 spiro atoms. The fourth-order valence-corrected chi connectivity index (χ4v) is 5.56. The minimum Gasteiger partial charge on any atom is -0.391 e. The minimum absolute atomic E-state index is 0.00385. The van der Waals surface area contributed by atoms with Crippen molar-refractivity contribution in [3.05, 3.63) is 59.9 Å². The van der Waals surface area contributed by atoms with Crippen molar-refractivity contribution in [1.29, 1.82) is 0 Å². The number of hydrogen-bond donors (Lipinski definition) is 2. The van der Waals surface area contributed by atoms with Gasteiger partial charge in [0.15, 0.2) is 0 Å². The Morgan fingerprint density at radius 2 is 1.88 bits per heavy atom. The van der Waals surface area contributed by atoms with E-state index in [-0.39, 0.29) is 18.0 Å². The maximum atomic E-state index is 13.5. The monoisotopic (exact) mass is 432 g/mol. The average Bonchev–Trinajstić information content (AvgIpc) is 3.37.